The van der Waals surface area contributed by atoms with Crippen LogP contribution in [0.5, 0.6) is 0 Å². The molecule has 1 unspecified atom stereocenters. The van der Waals surface area contributed by atoms with E-state index in [0.717, 1.165) is 18.4 Å². The first-order chi connectivity index (χ1) is 12.8. The highest BCUT2D eigenvalue weighted by molar-refractivity contribution is 7.92. The van der Waals surface area contributed by atoms with Gasteiger partial charge in [0.05, 0.1) is 4.90 Å². The molecular weight excluding hydrogens is 367 g/mol. The third-order valence-electron chi connectivity index (χ3n) is 4.79. The predicted molar refractivity (Wildman–Crippen MR) is 103 cm³/mol. The Morgan fingerprint density at radius 1 is 1.19 bits per heavy atom. The van der Waals surface area contributed by atoms with Crippen LogP contribution >= 0.6 is 0 Å². The number of halogens is 1. The summed E-state index contributed by atoms with van der Waals surface area (Å²) in [4.78, 5) is 14.7. The lowest BCUT2D eigenvalue weighted by Gasteiger charge is -2.31. The molecule has 1 aliphatic rings. The Balaban J connectivity index is 1.87. The average Bonchev–Trinajstić information content (AvgIpc) is 2.63. The first-order valence-corrected chi connectivity index (χ1v) is 10.4. The summed E-state index contributed by atoms with van der Waals surface area (Å²) in [6, 6.07) is 9.59. The number of likely N-dealkylation sites (tertiary alicyclic amines) is 1. The number of sulfonamides is 1. The van der Waals surface area contributed by atoms with E-state index < -0.39 is 15.8 Å². The number of hydrogen-bond donors (Lipinski definition) is 1. The van der Waals surface area contributed by atoms with E-state index in [4.69, 9.17) is 0 Å². The molecule has 1 aliphatic heterocycles. The Kier molecular flexibility index (Phi) is 5.51. The molecular formula is C20H23FN2O3S. The molecule has 0 radical (unpaired) electrons. The Labute approximate surface area is 159 Å². The molecule has 1 fully saturated rings. The minimum atomic E-state index is -3.88. The summed E-state index contributed by atoms with van der Waals surface area (Å²) in [6.45, 7) is 5.28. The van der Waals surface area contributed by atoms with E-state index in [1.165, 1.54) is 36.4 Å². The quantitative estimate of drug-likeness (QED) is 0.863. The highest BCUT2D eigenvalue weighted by atomic mass is 32.2. The predicted octanol–water partition coefficient (Wildman–Crippen LogP) is 3.81. The van der Waals surface area contributed by atoms with Gasteiger partial charge in [-0.15, -0.1) is 0 Å². The molecule has 1 heterocycles. The summed E-state index contributed by atoms with van der Waals surface area (Å²) in [5.41, 5.74) is 1.39. The zero-order chi connectivity index (χ0) is 19.6. The lowest BCUT2D eigenvalue weighted by atomic mass is 9.99. The van der Waals surface area contributed by atoms with Gasteiger partial charge in [-0.3, -0.25) is 9.52 Å². The van der Waals surface area contributed by atoms with Crippen molar-refractivity contribution in [1.82, 2.24) is 4.90 Å². The van der Waals surface area contributed by atoms with Gasteiger partial charge in [0.1, 0.15) is 5.82 Å². The fourth-order valence-corrected chi connectivity index (χ4v) is 4.36. The number of nitrogens with zero attached hydrogens (tertiary/aromatic N) is 1. The van der Waals surface area contributed by atoms with Crippen LogP contribution in [0.15, 0.2) is 47.4 Å². The van der Waals surface area contributed by atoms with Crippen LogP contribution in [0.4, 0.5) is 10.1 Å². The van der Waals surface area contributed by atoms with E-state index in [9.17, 15) is 17.6 Å². The lowest BCUT2D eigenvalue weighted by Crippen LogP contribution is -2.39. The zero-order valence-electron chi connectivity index (χ0n) is 15.4. The molecule has 2 aromatic rings. The SMILES string of the molecule is Cc1ccc(S(=O)(=O)Nc2ccc(F)cc2)cc1C(=O)N1CCCC(C)C1. The van der Waals surface area contributed by atoms with Crippen molar-refractivity contribution in [2.45, 2.75) is 31.6 Å². The van der Waals surface area contributed by atoms with E-state index in [1.54, 1.807) is 17.9 Å². The average molecular weight is 390 g/mol. The maximum atomic E-state index is 13.0. The van der Waals surface area contributed by atoms with E-state index >= 15 is 0 Å². The molecule has 1 atom stereocenters. The van der Waals surface area contributed by atoms with Crippen molar-refractivity contribution in [1.29, 1.82) is 0 Å². The molecule has 5 nitrogen and oxygen atoms in total. The lowest BCUT2D eigenvalue weighted by molar-refractivity contribution is 0.0682. The Morgan fingerprint density at radius 2 is 1.89 bits per heavy atom. The molecule has 3 rings (SSSR count). The monoisotopic (exact) mass is 390 g/mol. The van der Waals surface area contributed by atoms with Crippen molar-refractivity contribution in [3.05, 3.63) is 59.4 Å². The summed E-state index contributed by atoms with van der Waals surface area (Å²) < 4.78 is 40.8. The maximum Gasteiger partial charge on any atom is 0.261 e. The molecule has 0 saturated carbocycles. The largest absolute Gasteiger partial charge is 0.338 e. The summed E-state index contributed by atoms with van der Waals surface area (Å²) in [7, 11) is -3.88. The molecule has 2 aromatic carbocycles. The van der Waals surface area contributed by atoms with Crippen molar-refractivity contribution in [2.24, 2.45) is 5.92 Å². The standard InChI is InChI=1S/C20H23FN2O3S/c1-14-4-3-11-23(13-14)20(24)19-12-18(10-5-15(19)2)27(25,26)22-17-8-6-16(21)7-9-17/h5-10,12,14,22H,3-4,11,13H2,1-2H3. The number of aryl methyl sites for hydroxylation is 1. The van der Waals surface area contributed by atoms with Crippen LogP contribution in [-0.4, -0.2) is 32.3 Å². The van der Waals surface area contributed by atoms with Gasteiger partial charge in [-0.25, -0.2) is 12.8 Å². The summed E-state index contributed by atoms with van der Waals surface area (Å²) in [5.74, 6) is -0.148. The van der Waals surface area contributed by atoms with Crippen LogP contribution in [0.2, 0.25) is 0 Å². The molecule has 0 spiro atoms. The van der Waals surface area contributed by atoms with Gasteiger partial charge in [0.2, 0.25) is 0 Å². The smallest absolute Gasteiger partial charge is 0.261 e. The highest BCUT2D eigenvalue weighted by Gasteiger charge is 2.25. The van der Waals surface area contributed by atoms with Crippen LogP contribution < -0.4 is 4.72 Å². The van der Waals surface area contributed by atoms with E-state index in [2.05, 4.69) is 11.6 Å². The Hall–Kier alpha value is -2.41. The third-order valence-corrected chi connectivity index (χ3v) is 6.17. The molecule has 1 N–H and O–H groups in total. The highest BCUT2D eigenvalue weighted by Crippen LogP contribution is 2.23. The van der Waals surface area contributed by atoms with Crippen LogP contribution in [0.25, 0.3) is 0 Å². The zero-order valence-corrected chi connectivity index (χ0v) is 16.2. The van der Waals surface area contributed by atoms with Crippen LogP contribution in [0.3, 0.4) is 0 Å². The van der Waals surface area contributed by atoms with Gasteiger partial charge >= 0.3 is 0 Å². The number of nitrogens with one attached hydrogen (secondary N) is 1. The van der Waals surface area contributed by atoms with Gasteiger partial charge < -0.3 is 4.90 Å². The van der Waals surface area contributed by atoms with Gasteiger partial charge in [-0.2, -0.15) is 0 Å². The number of rotatable bonds is 4. The van der Waals surface area contributed by atoms with Gasteiger partial charge in [0, 0.05) is 24.3 Å². The van der Waals surface area contributed by atoms with E-state index in [1.807, 2.05) is 0 Å². The number of carbonyl (C=O) groups is 1. The number of benzene rings is 2. The topological polar surface area (TPSA) is 66.5 Å². The van der Waals surface area contributed by atoms with Gasteiger partial charge in [0.15, 0.2) is 0 Å². The minimum absolute atomic E-state index is 0.00540. The van der Waals surface area contributed by atoms with Crippen LogP contribution in [-0.2, 0) is 10.0 Å². The first-order valence-electron chi connectivity index (χ1n) is 8.94. The Morgan fingerprint density at radius 3 is 2.56 bits per heavy atom. The van der Waals surface area contributed by atoms with Gasteiger partial charge in [-0.05, 0) is 67.6 Å². The van der Waals surface area contributed by atoms with Crippen molar-refractivity contribution in [3.63, 3.8) is 0 Å². The van der Waals surface area contributed by atoms with Crippen LogP contribution in [0, 0.1) is 18.7 Å². The minimum Gasteiger partial charge on any atom is -0.338 e. The van der Waals surface area contributed by atoms with E-state index in [0.29, 0.717) is 24.6 Å². The number of carbonyl (C=O) groups excluding carboxylic acids is 1. The number of amides is 1. The molecule has 0 aliphatic carbocycles. The fourth-order valence-electron chi connectivity index (χ4n) is 3.27. The molecule has 0 aromatic heterocycles. The number of hydrogen-bond acceptors (Lipinski definition) is 3. The first kappa shape index (κ1) is 19.4. The molecule has 1 saturated heterocycles. The molecule has 0 bridgehead atoms. The van der Waals surface area contributed by atoms with E-state index in [-0.39, 0.29) is 16.5 Å². The van der Waals surface area contributed by atoms with Crippen LogP contribution in [0.1, 0.15) is 35.7 Å². The maximum absolute atomic E-state index is 13.0. The second-order valence-corrected chi connectivity index (χ2v) is 8.77. The number of anilines is 1. The van der Waals surface area contributed by atoms with Crippen molar-refractivity contribution >= 4 is 21.6 Å². The van der Waals surface area contributed by atoms with Gasteiger partial charge in [0.25, 0.3) is 15.9 Å². The summed E-state index contributed by atoms with van der Waals surface area (Å²) in [6.07, 6.45) is 2.05. The summed E-state index contributed by atoms with van der Waals surface area (Å²) in [5, 5.41) is 0. The Bertz CT molecular complexity index is 942. The second-order valence-electron chi connectivity index (χ2n) is 7.09. The normalized spacial score (nSPS) is 17.6. The molecule has 144 valence electrons. The molecule has 7 heteroatoms. The third kappa shape index (κ3) is 4.47. The van der Waals surface area contributed by atoms with Crippen molar-refractivity contribution in [2.75, 3.05) is 17.8 Å². The summed E-state index contributed by atoms with van der Waals surface area (Å²) >= 11 is 0. The second kappa shape index (κ2) is 7.68. The van der Waals surface area contributed by atoms with Crippen molar-refractivity contribution in [3.8, 4) is 0 Å². The molecule has 1 amide bonds. The van der Waals surface area contributed by atoms with Crippen molar-refractivity contribution < 1.29 is 17.6 Å². The van der Waals surface area contributed by atoms with Gasteiger partial charge in [-0.1, -0.05) is 13.0 Å². The fraction of sp³-hybridized carbons (Fsp3) is 0.350. The number of piperidine rings is 1. The molecule has 27 heavy (non-hydrogen) atoms.